The lowest BCUT2D eigenvalue weighted by molar-refractivity contribution is -0.125. The van der Waals surface area contributed by atoms with E-state index in [9.17, 15) is 9.59 Å². The van der Waals surface area contributed by atoms with Crippen molar-refractivity contribution < 1.29 is 4.79 Å². The fourth-order valence-corrected chi connectivity index (χ4v) is 3.44. The van der Waals surface area contributed by atoms with Gasteiger partial charge in [-0.1, -0.05) is 30.3 Å². The van der Waals surface area contributed by atoms with Crippen LogP contribution in [0.15, 0.2) is 47.4 Å². The molecule has 2 aromatic rings. The monoisotopic (exact) mass is 352 g/mol. The van der Waals surface area contributed by atoms with Crippen molar-refractivity contribution in [2.24, 2.45) is 5.92 Å². The lowest BCUT2D eigenvalue weighted by Gasteiger charge is -2.33. The van der Waals surface area contributed by atoms with Gasteiger partial charge in [-0.25, -0.2) is 4.68 Å². The Labute approximate surface area is 152 Å². The minimum Gasteiger partial charge on any atom is -0.369 e. The van der Waals surface area contributed by atoms with E-state index in [1.54, 1.807) is 12.3 Å². The van der Waals surface area contributed by atoms with Gasteiger partial charge < -0.3 is 10.2 Å². The molecule has 6 nitrogen and oxygen atoms in total. The van der Waals surface area contributed by atoms with Crippen LogP contribution in [0, 0.1) is 5.92 Å². The van der Waals surface area contributed by atoms with Gasteiger partial charge in [0.1, 0.15) is 0 Å². The summed E-state index contributed by atoms with van der Waals surface area (Å²) in [5, 5.41) is 7.44. The van der Waals surface area contributed by atoms with Crippen molar-refractivity contribution in [3.05, 3.63) is 58.5 Å². The van der Waals surface area contributed by atoms with E-state index in [2.05, 4.69) is 15.3 Å². The van der Waals surface area contributed by atoms with Crippen LogP contribution in [0.5, 0.6) is 0 Å². The molecule has 2 fully saturated rings. The van der Waals surface area contributed by atoms with Gasteiger partial charge in [0.25, 0.3) is 5.56 Å². The summed E-state index contributed by atoms with van der Waals surface area (Å²) in [4.78, 5) is 26.9. The van der Waals surface area contributed by atoms with Gasteiger partial charge in [-0.2, -0.15) is 5.10 Å². The summed E-state index contributed by atoms with van der Waals surface area (Å²) in [6.45, 7) is 1.98. The standard InChI is InChI=1S/C20H24N4O2/c25-19-11-18(12-21-24(19)13-15-5-2-1-3-6-15)23-10-4-7-16(14-23)20(26)22-17-8-9-17/h1-3,5-6,11-12,16-17H,4,7-10,13-14H2,(H,22,26)/t16-/m0/s1. The number of carbonyl (C=O) groups excluding carboxylic acids is 1. The minimum absolute atomic E-state index is 0.00361. The van der Waals surface area contributed by atoms with Crippen LogP contribution in [0.4, 0.5) is 5.69 Å². The molecule has 2 aliphatic rings. The molecule has 1 aromatic heterocycles. The van der Waals surface area contributed by atoms with Crippen LogP contribution >= 0.6 is 0 Å². The van der Waals surface area contributed by atoms with E-state index in [-0.39, 0.29) is 17.4 Å². The molecule has 1 N–H and O–H groups in total. The molecule has 1 saturated heterocycles. The van der Waals surface area contributed by atoms with Crippen molar-refractivity contribution in [3.63, 3.8) is 0 Å². The lowest BCUT2D eigenvalue weighted by atomic mass is 9.97. The molecule has 26 heavy (non-hydrogen) atoms. The molecule has 0 spiro atoms. The highest BCUT2D eigenvalue weighted by Gasteiger charge is 2.30. The average molecular weight is 352 g/mol. The van der Waals surface area contributed by atoms with Crippen molar-refractivity contribution in [3.8, 4) is 0 Å². The molecule has 1 saturated carbocycles. The number of aromatic nitrogens is 2. The molecule has 0 unspecified atom stereocenters. The summed E-state index contributed by atoms with van der Waals surface area (Å²) in [7, 11) is 0. The lowest BCUT2D eigenvalue weighted by Crippen LogP contribution is -2.44. The van der Waals surface area contributed by atoms with Crippen LogP contribution in [0.1, 0.15) is 31.2 Å². The van der Waals surface area contributed by atoms with E-state index in [1.165, 1.54) is 4.68 Å². The zero-order valence-electron chi connectivity index (χ0n) is 14.8. The van der Waals surface area contributed by atoms with Crippen molar-refractivity contribution >= 4 is 11.6 Å². The molecule has 1 aliphatic heterocycles. The Morgan fingerprint density at radius 2 is 2.00 bits per heavy atom. The smallest absolute Gasteiger partial charge is 0.269 e. The topological polar surface area (TPSA) is 67.2 Å². The number of hydrogen-bond donors (Lipinski definition) is 1. The summed E-state index contributed by atoms with van der Waals surface area (Å²) < 4.78 is 1.47. The molecule has 0 bridgehead atoms. The number of hydrogen-bond acceptors (Lipinski definition) is 4. The second kappa shape index (κ2) is 7.32. The predicted octanol–water partition coefficient (Wildman–Crippen LogP) is 1.79. The van der Waals surface area contributed by atoms with Gasteiger partial charge in [-0.05, 0) is 31.2 Å². The molecule has 6 heteroatoms. The maximum Gasteiger partial charge on any atom is 0.269 e. The third-order valence-electron chi connectivity index (χ3n) is 5.11. The van der Waals surface area contributed by atoms with E-state index < -0.39 is 0 Å². The molecular formula is C20H24N4O2. The number of carbonyl (C=O) groups is 1. The fraction of sp³-hybridized carbons (Fsp3) is 0.450. The largest absolute Gasteiger partial charge is 0.369 e. The fourth-order valence-electron chi connectivity index (χ4n) is 3.44. The zero-order valence-corrected chi connectivity index (χ0v) is 14.8. The molecular weight excluding hydrogens is 328 g/mol. The first-order chi connectivity index (χ1) is 12.7. The van der Waals surface area contributed by atoms with E-state index in [4.69, 9.17) is 0 Å². The predicted molar refractivity (Wildman–Crippen MR) is 100 cm³/mol. The quantitative estimate of drug-likeness (QED) is 0.891. The zero-order chi connectivity index (χ0) is 17.9. The van der Waals surface area contributed by atoms with Crippen LogP contribution in [0.25, 0.3) is 0 Å². The first-order valence-electron chi connectivity index (χ1n) is 9.35. The van der Waals surface area contributed by atoms with Crippen molar-refractivity contribution in [1.29, 1.82) is 0 Å². The Bertz CT molecular complexity index is 829. The maximum absolute atomic E-state index is 12.5. The summed E-state index contributed by atoms with van der Waals surface area (Å²) in [6.07, 6.45) is 5.81. The number of anilines is 1. The maximum atomic E-state index is 12.5. The van der Waals surface area contributed by atoms with Crippen LogP contribution < -0.4 is 15.8 Å². The van der Waals surface area contributed by atoms with E-state index in [0.717, 1.165) is 43.5 Å². The minimum atomic E-state index is -0.115. The number of nitrogens with one attached hydrogen (secondary N) is 1. The van der Waals surface area contributed by atoms with E-state index >= 15 is 0 Å². The molecule has 2 heterocycles. The number of amides is 1. The third kappa shape index (κ3) is 3.95. The number of nitrogens with zero attached hydrogens (tertiary/aromatic N) is 3. The van der Waals surface area contributed by atoms with Gasteiger partial charge in [0, 0.05) is 25.2 Å². The average Bonchev–Trinajstić information content (AvgIpc) is 3.48. The molecule has 136 valence electrons. The highest BCUT2D eigenvalue weighted by Crippen LogP contribution is 2.24. The molecule has 1 aliphatic carbocycles. The summed E-state index contributed by atoms with van der Waals surface area (Å²) >= 11 is 0. The second-order valence-electron chi connectivity index (χ2n) is 7.26. The normalized spacial score (nSPS) is 20.0. The summed E-state index contributed by atoms with van der Waals surface area (Å²) in [5.41, 5.74) is 1.74. The van der Waals surface area contributed by atoms with Crippen molar-refractivity contribution in [2.45, 2.75) is 38.3 Å². The van der Waals surface area contributed by atoms with Crippen LogP contribution in [0.2, 0.25) is 0 Å². The Kier molecular flexibility index (Phi) is 4.73. The molecule has 0 radical (unpaired) electrons. The van der Waals surface area contributed by atoms with Gasteiger partial charge in [0.15, 0.2) is 0 Å². The second-order valence-corrected chi connectivity index (χ2v) is 7.26. The number of rotatable bonds is 5. The van der Waals surface area contributed by atoms with Gasteiger partial charge in [-0.3, -0.25) is 9.59 Å². The summed E-state index contributed by atoms with van der Waals surface area (Å²) in [5.74, 6) is 0.152. The molecule has 1 aromatic carbocycles. The van der Waals surface area contributed by atoms with Crippen molar-refractivity contribution in [1.82, 2.24) is 15.1 Å². The summed E-state index contributed by atoms with van der Waals surface area (Å²) in [6, 6.07) is 11.9. The highest BCUT2D eigenvalue weighted by molar-refractivity contribution is 5.80. The third-order valence-corrected chi connectivity index (χ3v) is 5.11. The van der Waals surface area contributed by atoms with E-state index in [1.807, 2.05) is 30.3 Å². The molecule has 4 rings (SSSR count). The Morgan fingerprint density at radius 1 is 1.19 bits per heavy atom. The number of benzene rings is 1. The first kappa shape index (κ1) is 16.8. The van der Waals surface area contributed by atoms with Crippen LogP contribution in [-0.2, 0) is 11.3 Å². The van der Waals surface area contributed by atoms with Crippen LogP contribution in [-0.4, -0.2) is 34.8 Å². The highest BCUT2D eigenvalue weighted by atomic mass is 16.2. The van der Waals surface area contributed by atoms with E-state index in [0.29, 0.717) is 19.1 Å². The Hall–Kier alpha value is -2.63. The van der Waals surface area contributed by atoms with Gasteiger partial charge >= 0.3 is 0 Å². The van der Waals surface area contributed by atoms with Crippen LogP contribution in [0.3, 0.4) is 0 Å². The molecule has 1 atom stereocenters. The van der Waals surface area contributed by atoms with Crippen molar-refractivity contribution in [2.75, 3.05) is 18.0 Å². The van der Waals surface area contributed by atoms with Gasteiger partial charge in [0.2, 0.25) is 5.91 Å². The Morgan fingerprint density at radius 3 is 2.73 bits per heavy atom. The Balaban J connectivity index is 1.44. The molecule has 1 amide bonds. The first-order valence-corrected chi connectivity index (χ1v) is 9.35. The number of piperidine rings is 1. The SMILES string of the molecule is O=C(NC1CC1)[C@H]1CCCN(c2cnn(Cc3ccccc3)c(=O)c2)C1. The van der Waals surface area contributed by atoms with Gasteiger partial charge in [0.05, 0.1) is 24.3 Å². The van der Waals surface area contributed by atoms with Gasteiger partial charge in [-0.15, -0.1) is 0 Å².